The third-order valence-corrected chi connectivity index (χ3v) is 2.63. The number of hydrogen-bond donors (Lipinski definition) is 0. The van der Waals surface area contributed by atoms with Crippen LogP contribution in [0.15, 0.2) is 90.6 Å². The Hall–Kier alpha value is -3.02. The average molecular weight is 262 g/mol. The molecule has 2 aliphatic rings. The fraction of sp³-hybridized carbons (Fsp3) is 0. The predicted octanol–water partition coefficient (Wildman–Crippen LogP) is 3.94. The first kappa shape index (κ1) is 12.0. The number of nitrogens with zero attached hydrogens (tertiary/aromatic N) is 6. The van der Waals surface area contributed by atoms with Crippen molar-refractivity contribution in [2.75, 3.05) is 0 Å². The van der Waals surface area contributed by atoms with E-state index in [2.05, 4.69) is 79.0 Å². The topological polar surface area (TPSA) is 74.2 Å². The van der Waals surface area contributed by atoms with Crippen LogP contribution in [0.25, 0.3) is 10.8 Å². The molecule has 2 aromatic carbocycles. The molecule has 4 rings (SSSR count). The SMILES string of the molecule is C1=NC(=C2N=CN=N2)N=N1.c1ccc2ccccc2c1. The Labute approximate surface area is 115 Å². The van der Waals surface area contributed by atoms with Crippen LogP contribution in [0.3, 0.4) is 0 Å². The summed E-state index contributed by atoms with van der Waals surface area (Å²) < 4.78 is 0. The van der Waals surface area contributed by atoms with Gasteiger partial charge in [-0.2, -0.15) is 0 Å². The lowest BCUT2D eigenvalue weighted by molar-refractivity contribution is 1.07. The second-order valence-electron chi connectivity index (χ2n) is 3.91. The van der Waals surface area contributed by atoms with Gasteiger partial charge in [0.25, 0.3) is 0 Å². The first-order valence-electron chi connectivity index (χ1n) is 5.98. The van der Waals surface area contributed by atoms with E-state index < -0.39 is 0 Å². The first-order chi connectivity index (χ1) is 9.93. The van der Waals surface area contributed by atoms with Gasteiger partial charge in [-0.25, -0.2) is 9.98 Å². The molecule has 20 heavy (non-hydrogen) atoms. The fourth-order valence-corrected chi connectivity index (χ4v) is 1.71. The number of benzene rings is 2. The summed E-state index contributed by atoms with van der Waals surface area (Å²) >= 11 is 0. The third-order valence-electron chi connectivity index (χ3n) is 2.63. The second-order valence-corrected chi connectivity index (χ2v) is 3.91. The van der Waals surface area contributed by atoms with Crippen molar-refractivity contribution in [3.05, 3.63) is 60.2 Å². The smallest absolute Gasteiger partial charge is 0.210 e. The Morgan fingerprint density at radius 3 is 1.25 bits per heavy atom. The van der Waals surface area contributed by atoms with E-state index in [-0.39, 0.29) is 0 Å². The fourth-order valence-electron chi connectivity index (χ4n) is 1.71. The van der Waals surface area contributed by atoms with Gasteiger partial charge in [0.1, 0.15) is 12.7 Å². The molecular weight excluding hydrogens is 252 g/mol. The minimum absolute atomic E-state index is 0.414. The quantitative estimate of drug-likeness (QED) is 0.689. The summed E-state index contributed by atoms with van der Waals surface area (Å²) in [4.78, 5) is 7.54. The van der Waals surface area contributed by atoms with E-state index in [4.69, 9.17) is 0 Å². The predicted molar refractivity (Wildman–Crippen MR) is 77.7 cm³/mol. The molecule has 2 aliphatic heterocycles. The summed E-state index contributed by atoms with van der Waals surface area (Å²) in [6, 6.07) is 16.7. The zero-order chi connectivity index (χ0) is 13.6. The van der Waals surface area contributed by atoms with E-state index >= 15 is 0 Å². The van der Waals surface area contributed by atoms with Gasteiger partial charge in [0, 0.05) is 0 Å². The highest BCUT2D eigenvalue weighted by atomic mass is 15.3. The second kappa shape index (κ2) is 5.75. The van der Waals surface area contributed by atoms with Crippen molar-refractivity contribution in [2.45, 2.75) is 0 Å². The van der Waals surface area contributed by atoms with Crippen LogP contribution in [-0.2, 0) is 0 Å². The first-order valence-corrected chi connectivity index (χ1v) is 5.98. The zero-order valence-corrected chi connectivity index (χ0v) is 10.5. The van der Waals surface area contributed by atoms with E-state index in [9.17, 15) is 0 Å². The number of fused-ring (bicyclic) bond motifs is 1. The van der Waals surface area contributed by atoms with Crippen LogP contribution in [-0.4, -0.2) is 12.7 Å². The molecule has 0 radical (unpaired) electrons. The van der Waals surface area contributed by atoms with Crippen LogP contribution >= 0.6 is 0 Å². The van der Waals surface area contributed by atoms with Crippen LogP contribution in [0.5, 0.6) is 0 Å². The monoisotopic (exact) mass is 262 g/mol. The molecule has 0 saturated carbocycles. The molecule has 2 aromatic rings. The normalized spacial score (nSPS) is 18.6. The molecular formula is C14H10N6. The molecule has 2 heterocycles. The van der Waals surface area contributed by atoms with Crippen molar-refractivity contribution in [3.63, 3.8) is 0 Å². The van der Waals surface area contributed by atoms with Gasteiger partial charge in [-0.3, -0.25) is 0 Å². The molecule has 0 atom stereocenters. The Kier molecular flexibility index (Phi) is 3.46. The average Bonchev–Trinajstić information content (AvgIpc) is 3.20. The van der Waals surface area contributed by atoms with Gasteiger partial charge in [-0.15, -0.1) is 20.5 Å². The van der Waals surface area contributed by atoms with Crippen LogP contribution in [0.4, 0.5) is 0 Å². The number of azo groups is 2. The summed E-state index contributed by atoms with van der Waals surface area (Å²) in [5.74, 6) is 0.829. The van der Waals surface area contributed by atoms with Crippen molar-refractivity contribution < 1.29 is 0 Å². The molecule has 0 aliphatic carbocycles. The molecule has 0 amide bonds. The van der Waals surface area contributed by atoms with E-state index in [0.717, 1.165) is 0 Å². The molecule has 0 N–H and O–H groups in total. The maximum atomic E-state index is 3.77. The summed E-state index contributed by atoms with van der Waals surface area (Å²) in [5, 5.41) is 16.9. The van der Waals surface area contributed by atoms with Crippen LogP contribution in [0.2, 0.25) is 0 Å². The zero-order valence-electron chi connectivity index (χ0n) is 10.5. The highest BCUT2D eigenvalue weighted by molar-refractivity contribution is 5.82. The van der Waals surface area contributed by atoms with E-state index in [1.54, 1.807) is 0 Å². The number of aliphatic imine (C=N–C) groups is 2. The van der Waals surface area contributed by atoms with Crippen LogP contribution in [0.1, 0.15) is 0 Å². The van der Waals surface area contributed by atoms with Gasteiger partial charge >= 0.3 is 0 Å². The van der Waals surface area contributed by atoms with Crippen LogP contribution in [0, 0.1) is 0 Å². The van der Waals surface area contributed by atoms with Gasteiger partial charge in [0.2, 0.25) is 11.6 Å². The minimum atomic E-state index is 0.414. The lowest BCUT2D eigenvalue weighted by atomic mass is 10.1. The molecule has 0 unspecified atom stereocenters. The van der Waals surface area contributed by atoms with Crippen LogP contribution < -0.4 is 0 Å². The van der Waals surface area contributed by atoms with Crippen molar-refractivity contribution in [1.29, 1.82) is 0 Å². The molecule has 96 valence electrons. The maximum absolute atomic E-state index is 3.77. The van der Waals surface area contributed by atoms with Crippen molar-refractivity contribution in [3.8, 4) is 0 Å². The van der Waals surface area contributed by atoms with Crippen molar-refractivity contribution >= 4 is 23.4 Å². The number of rotatable bonds is 0. The van der Waals surface area contributed by atoms with E-state index in [1.165, 1.54) is 23.4 Å². The van der Waals surface area contributed by atoms with Crippen molar-refractivity contribution in [1.82, 2.24) is 0 Å². The molecule has 0 aromatic heterocycles. The standard InChI is InChI=1S/C10H8.C4H2N6/c1-2-6-10-8-4-3-7-9(10)5-1;1-5-3(9-7-1)4-6-2-8-10-4/h1-8H;1-2H. The minimum Gasteiger partial charge on any atom is -0.210 e. The van der Waals surface area contributed by atoms with Gasteiger partial charge < -0.3 is 0 Å². The van der Waals surface area contributed by atoms with Gasteiger partial charge in [-0.05, 0) is 10.8 Å². The maximum Gasteiger partial charge on any atom is 0.223 e. The highest BCUT2D eigenvalue weighted by Gasteiger charge is 2.07. The van der Waals surface area contributed by atoms with Gasteiger partial charge in [0.05, 0.1) is 0 Å². The Balaban J connectivity index is 0.000000121. The number of hydrogen-bond acceptors (Lipinski definition) is 6. The third kappa shape index (κ3) is 2.69. The largest absolute Gasteiger partial charge is 0.223 e. The Bertz CT molecular complexity index is 647. The lowest BCUT2D eigenvalue weighted by Crippen LogP contribution is -1.72. The van der Waals surface area contributed by atoms with E-state index in [1.807, 2.05) is 0 Å². The molecule has 0 fully saturated rings. The molecule has 6 heteroatoms. The van der Waals surface area contributed by atoms with Crippen molar-refractivity contribution in [2.24, 2.45) is 30.4 Å². The molecule has 6 nitrogen and oxygen atoms in total. The molecule has 0 saturated heterocycles. The lowest BCUT2D eigenvalue weighted by Gasteiger charge is -1.92. The summed E-state index contributed by atoms with van der Waals surface area (Å²) in [6.07, 6.45) is 2.68. The van der Waals surface area contributed by atoms with Gasteiger partial charge in [0.15, 0.2) is 0 Å². The summed E-state index contributed by atoms with van der Waals surface area (Å²) in [7, 11) is 0. The summed E-state index contributed by atoms with van der Waals surface area (Å²) in [6.45, 7) is 0. The molecule has 0 bridgehead atoms. The van der Waals surface area contributed by atoms with E-state index in [0.29, 0.717) is 11.6 Å². The Morgan fingerprint density at radius 2 is 0.950 bits per heavy atom. The summed E-state index contributed by atoms with van der Waals surface area (Å²) in [5.41, 5.74) is 0. The Morgan fingerprint density at radius 1 is 0.550 bits per heavy atom. The molecule has 0 spiro atoms. The highest BCUT2D eigenvalue weighted by Crippen LogP contribution is 2.16. The van der Waals surface area contributed by atoms with Gasteiger partial charge in [-0.1, -0.05) is 48.5 Å².